The molecule has 0 aliphatic carbocycles. The van der Waals surface area contributed by atoms with E-state index in [1.165, 1.54) is 0 Å². The van der Waals surface area contributed by atoms with Crippen LogP contribution in [0.4, 0.5) is 5.13 Å². The number of benzene rings is 2. The van der Waals surface area contributed by atoms with Crippen LogP contribution in [-0.4, -0.2) is 36.8 Å². The molecule has 0 bridgehead atoms. The maximum atomic E-state index is 12.5. The Morgan fingerprint density at radius 2 is 2.11 bits per heavy atom. The van der Waals surface area contributed by atoms with E-state index in [0.29, 0.717) is 31.0 Å². The minimum Gasteiger partial charge on any atom is -0.490 e. The molecule has 5 rings (SSSR count). The minimum atomic E-state index is -0.451. The normalized spacial score (nSPS) is 14.4. The molecule has 0 atom stereocenters. The number of anilines is 1. The lowest BCUT2D eigenvalue weighted by molar-refractivity contribution is 0.0202. The van der Waals surface area contributed by atoms with E-state index in [0.717, 1.165) is 20.7 Å². The van der Waals surface area contributed by atoms with E-state index in [1.807, 2.05) is 43.3 Å². The summed E-state index contributed by atoms with van der Waals surface area (Å²) >= 11 is 1.65. The van der Waals surface area contributed by atoms with Gasteiger partial charge in [0.2, 0.25) is 5.76 Å². The number of aromatic nitrogens is 1. The van der Waals surface area contributed by atoms with Crippen molar-refractivity contribution < 1.29 is 18.7 Å². The Morgan fingerprint density at radius 1 is 1.25 bits per heavy atom. The number of carbonyl (C=O) groups is 1. The van der Waals surface area contributed by atoms with E-state index >= 15 is 0 Å². The Labute approximate surface area is 165 Å². The van der Waals surface area contributed by atoms with Crippen LogP contribution in [0.25, 0.3) is 21.2 Å². The van der Waals surface area contributed by atoms with E-state index in [-0.39, 0.29) is 11.9 Å². The first kappa shape index (κ1) is 17.1. The van der Waals surface area contributed by atoms with Crippen molar-refractivity contribution in [3.05, 3.63) is 54.3 Å². The van der Waals surface area contributed by atoms with Crippen LogP contribution in [0.1, 0.15) is 17.5 Å². The van der Waals surface area contributed by atoms with E-state index < -0.39 is 5.97 Å². The fourth-order valence-electron chi connectivity index (χ4n) is 3.28. The van der Waals surface area contributed by atoms with Crippen molar-refractivity contribution in [2.75, 3.05) is 24.6 Å². The highest BCUT2D eigenvalue weighted by molar-refractivity contribution is 7.22. The van der Waals surface area contributed by atoms with E-state index in [9.17, 15) is 4.79 Å². The molecule has 0 spiro atoms. The van der Waals surface area contributed by atoms with Crippen LogP contribution in [0.3, 0.4) is 0 Å². The molecule has 0 amide bonds. The predicted molar refractivity (Wildman–Crippen MR) is 108 cm³/mol. The number of thiazole rings is 1. The Hall–Kier alpha value is -3.06. The third-order valence-electron chi connectivity index (χ3n) is 4.68. The molecule has 6 nitrogen and oxygen atoms in total. The van der Waals surface area contributed by atoms with Gasteiger partial charge in [0.25, 0.3) is 0 Å². The van der Waals surface area contributed by atoms with Crippen LogP contribution in [0, 0.1) is 0 Å². The summed E-state index contributed by atoms with van der Waals surface area (Å²) in [5.74, 6) is 0.373. The van der Waals surface area contributed by atoms with Crippen molar-refractivity contribution in [3.8, 4) is 5.75 Å². The maximum Gasteiger partial charge on any atom is 0.374 e. The van der Waals surface area contributed by atoms with Crippen LogP contribution >= 0.6 is 11.3 Å². The first-order valence-corrected chi connectivity index (χ1v) is 10.00. The summed E-state index contributed by atoms with van der Waals surface area (Å²) < 4.78 is 18.0. The second kappa shape index (κ2) is 6.83. The smallest absolute Gasteiger partial charge is 0.374 e. The van der Waals surface area contributed by atoms with Crippen molar-refractivity contribution in [3.63, 3.8) is 0 Å². The molecule has 3 heterocycles. The lowest BCUT2D eigenvalue weighted by Gasteiger charge is -2.37. The number of nitrogens with zero attached hydrogens (tertiary/aromatic N) is 2. The second-order valence-electron chi connectivity index (χ2n) is 6.61. The highest BCUT2D eigenvalue weighted by Gasteiger charge is 2.33. The largest absolute Gasteiger partial charge is 0.490 e. The minimum absolute atomic E-state index is 0.168. The van der Waals surface area contributed by atoms with Gasteiger partial charge in [-0.05, 0) is 31.2 Å². The molecule has 2 aromatic carbocycles. The lowest BCUT2D eigenvalue weighted by atomic mass is 10.2. The van der Waals surface area contributed by atoms with Gasteiger partial charge < -0.3 is 18.8 Å². The molecule has 2 aromatic heterocycles. The molecule has 0 radical (unpaired) electrons. The number of ether oxygens (including phenoxy) is 2. The summed E-state index contributed by atoms with van der Waals surface area (Å²) in [6.45, 7) is 3.71. The van der Waals surface area contributed by atoms with E-state index in [2.05, 4.69) is 16.0 Å². The first-order valence-electron chi connectivity index (χ1n) is 9.18. The van der Waals surface area contributed by atoms with Crippen LogP contribution < -0.4 is 9.64 Å². The molecule has 0 unspecified atom stereocenters. The van der Waals surface area contributed by atoms with Crippen molar-refractivity contribution in [1.82, 2.24) is 4.98 Å². The topological polar surface area (TPSA) is 64.8 Å². The number of rotatable bonds is 5. The lowest BCUT2D eigenvalue weighted by Crippen LogP contribution is -2.53. The van der Waals surface area contributed by atoms with Crippen LogP contribution in [0.5, 0.6) is 5.75 Å². The highest BCUT2D eigenvalue weighted by Crippen LogP contribution is 2.33. The predicted octanol–water partition coefficient (Wildman–Crippen LogP) is 4.49. The van der Waals surface area contributed by atoms with Gasteiger partial charge in [-0.15, -0.1) is 0 Å². The van der Waals surface area contributed by atoms with Crippen molar-refractivity contribution >= 4 is 43.6 Å². The maximum absolute atomic E-state index is 12.5. The molecule has 1 saturated heterocycles. The molecule has 0 saturated carbocycles. The van der Waals surface area contributed by atoms with Crippen LogP contribution in [-0.2, 0) is 4.74 Å². The number of carbonyl (C=O) groups excluding carboxylic acids is 1. The SMILES string of the molecule is CCOc1cccc2cc(C(=O)OC3CN(c4nc5ccccc5s4)C3)oc12. The fourth-order valence-corrected chi connectivity index (χ4v) is 4.26. The standard InChI is InChI=1S/C21H18N2O4S/c1-2-25-16-8-5-6-13-10-17(27-19(13)16)20(24)26-14-11-23(12-14)21-22-15-7-3-4-9-18(15)28-21/h3-10,14H,2,11-12H2,1H3. The first-order chi connectivity index (χ1) is 13.7. The molecule has 142 valence electrons. The van der Waals surface area contributed by atoms with Crippen molar-refractivity contribution in [1.29, 1.82) is 0 Å². The van der Waals surface area contributed by atoms with Gasteiger partial charge in [0.15, 0.2) is 16.5 Å². The Kier molecular flexibility index (Phi) is 4.16. The van der Waals surface area contributed by atoms with Gasteiger partial charge in [-0.3, -0.25) is 0 Å². The van der Waals surface area contributed by atoms with Crippen molar-refractivity contribution in [2.24, 2.45) is 0 Å². The summed E-state index contributed by atoms with van der Waals surface area (Å²) in [4.78, 5) is 19.2. The molecule has 7 heteroatoms. The number of para-hydroxylation sites is 2. The zero-order valence-corrected chi connectivity index (χ0v) is 16.1. The van der Waals surface area contributed by atoms with Crippen molar-refractivity contribution in [2.45, 2.75) is 13.0 Å². The summed E-state index contributed by atoms with van der Waals surface area (Å²) in [6, 6.07) is 15.3. The Morgan fingerprint density at radius 3 is 2.93 bits per heavy atom. The number of esters is 1. The number of hydrogen-bond donors (Lipinski definition) is 0. The molecule has 4 aromatic rings. The van der Waals surface area contributed by atoms with E-state index in [1.54, 1.807) is 17.4 Å². The number of hydrogen-bond acceptors (Lipinski definition) is 7. The Bertz CT molecular complexity index is 1130. The van der Waals surface area contributed by atoms with Crippen LogP contribution in [0.15, 0.2) is 52.9 Å². The number of furan rings is 1. The van der Waals surface area contributed by atoms with Gasteiger partial charge in [-0.2, -0.15) is 0 Å². The molecular formula is C21H18N2O4S. The zero-order chi connectivity index (χ0) is 19.1. The fraction of sp³-hybridized carbons (Fsp3) is 0.238. The number of fused-ring (bicyclic) bond motifs is 2. The Balaban J connectivity index is 1.25. The van der Waals surface area contributed by atoms with Gasteiger partial charge in [0.05, 0.1) is 29.9 Å². The second-order valence-corrected chi connectivity index (χ2v) is 7.62. The van der Waals surface area contributed by atoms with Crippen LogP contribution in [0.2, 0.25) is 0 Å². The monoisotopic (exact) mass is 394 g/mol. The van der Waals surface area contributed by atoms with Gasteiger partial charge in [0, 0.05) is 5.39 Å². The summed E-state index contributed by atoms with van der Waals surface area (Å²) in [7, 11) is 0. The molecule has 28 heavy (non-hydrogen) atoms. The molecule has 1 aliphatic heterocycles. The zero-order valence-electron chi connectivity index (χ0n) is 15.3. The highest BCUT2D eigenvalue weighted by atomic mass is 32.1. The molecule has 1 fully saturated rings. The third kappa shape index (κ3) is 2.97. The van der Waals surface area contributed by atoms with Gasteiger partial charge >= 0.3 is 5.97 Å². The average Bonchev–Trinajstić information content (AvgIpc) is 3.28. The summed E-state index contributed by atoms with van der Waals surface area (Å²) in [5, 5.41) is 1.78. The molecule has 0 N–H and O–H groups in total. The third-order valence-corrected chi connectivity index (χ3v) is 5.78. The quantitative estimate of drug-likeness (QED) is 0.465. The van der Waals surface area contributed by atoms with Gasteiger partial charge in [-0.1, -0.05) is 35.6 Å². The molecular weight excluding hydrogens is 376 g/mol. The summed E-state index contributed by atoms with van der Waals surface area (Å²) in [5.41, 5.74) is 1.57. The van der Waals surface area contributed by atoms with Gasteiger partial charge in [0.1, 0.15) is 6.10 Å². The van der Waals surface area contributed by atoms with Gasteiger partial charge in [-0.25, -0.2) is 9.78 Å². The average molecular weight is 394 g/mol. The van der Waals surface area contributed by atoms with E-state index in [4.69, 9.17) is 13.9 Å². The molecule has 1 aliphatic rings. The summed E-state index contributed by atoms with van der Waals surface area (Å²) in [6.07, 6.45) is -0.168.